The summed E-state index contributed by atoms with van der Waals surface area (Å²) in [6.45, 7) is 2.02. The highest BCUT2D eigenvalue weighted by Crippen LogP contribution is 2.26. The Balaban J connectivity index is 1.43. The van der Waals surface area contributed by atoms with Crippen molar-refractivity contribution in [1.29, 1.82) is 0 Å². The van der Waals surface area contributed by atoms with Gasteiger partial charge in [-0.05, 0) is 55.5 Å². The maximum absolute atomic E-state index is 12.9. The van der Waals surface area contributed by atoms with E-state index in [-0.39, 0.29) is 18.1 Å². The van der Waals surface area contributed by atoms with E-state index in [0.717, 1.165) is 10.2 Å². The second-order valence-corrected chi connectivity index (χ2v) is 7.90. The number of halogens is 1. The summed E-state index contributed by atoms with van der Waals surface area (Å²) in [6, 6.07) is 17.5. The van der Waals surface area contributed by atoms with Crippen molar-refractivity contribution in [3.63, 3.8) is 0 Å². The average molecular weight is 491 g/mol. The molecule has 0 saturated heterocycles. The minimum absolute atomic E-state index is 0.188. The molecular weight excluding hydrogens is 472 g/mol. The molecule has 0 saturated carbocycles. The fourth-order valence-electron chi connectivity index (χ4n) is 3.53. The largest absolute Gasteiger partial charge is 0.492 e. The molecule has 10 nitrogen and oxygen atoms in total. The molecule has 0 radical (unpaired) electrons. The lowest BCUT2D eigenvalue weighted by molar-refractivity contribution is -0.117. The molecule has 0 aliphatic carbocycles. The Kier molecular flexibility index (Phi) is 6.02. The molecule has 0 unspecified atom stereocenters. The number of carbonyl (C=O) groups excluding carboxylic acids is 1. The number of amides is 1. The van der Waals surface area contributed by atoms with Gasteiger partial charge >= 0.3 is 5.69 Å². The van der Waals surface area contributed by atoms with E-state index in [4.69, 9.17) is 20.9 Å². The van der Waals surface area contributed by atoms with Gasteiger partial charge in [-0.1, -0.05) is 28.9 Å². The van der Waals surface area contributed by atoms with E-state index in [0.29, 0.717) is 34.5 Å². The summed E-state index contributed by atoms with van der Waals surface area (Å²) in [5.41, 5.74) is 1.50. The molecule has 3 heterocycles. The van der Waals surface area contributed by atoms with Crippen LogP contribution in [0.3, 0.4) is 0 Å². The maximum atomic E-state index is 12.9. The summed E-state index contributed by atoms with van der Waals surface area (Å²) in [5.74, 6) is 0.675. The van der Waals surface area contributed by atoms with E-state index in [1.165, 1.54) is 4.40 Å². The third-order valence-corrected chi connectivity index (χ3v) is 5.37. The Bertz CT molecular complexity index is 1570. The molecule has 2 aromatic carbocycles. The van der Waals surface area contributed by atoms with Gasteiger partial charge in [0.2, 0.25) is 11.7 Å². The van der Waals surface area contributed by atoms with Gasteiger partial charge in [0.1, 0.15) is 12.3 Å². The number of nitrogens with zero attached hydrogens (tertiary/aromatic N) is 5. The fourth-order valence-corrected chi connectivity index (χ4v) is 3.66. The van der Waals surface area contributed by atoms with Crippen molar-refractivity contribution >= 4 is 28.8 Å². The Labute approximate surface area is 203 Å². The summed E-state index contributed by atoms with van der Waals surface area (Å²) in [5, 5.41) is 11.7. The molecule has 11 heteroatoms. The van der Waals surface area contributed by atoms with Crippen LogP contribution in [0.15, 0.2) is 76.2 Å². The van der Waals surface area contributed by atoms with Gasteiger partial charge in [0.15, 0.2) is 5.65 Å². The standard InChI is InChI=1S/C24H19ClN6O4/c1-2-34-19-8-4-3-7-18(19)26-20(32)14-31-24(33)30-13-5-6-17(22(30)28-31)23-27-21(29-35-23)15-9-11-16(25)12-10-15/h3-13H,2,14H2,1H3,(H,26,32). The molecule has 0 aliphatic rings. The van der Waals surface area contributed by atoms with E-state index < -0.39 is 11.6 Å². The van der Waals surface area contributed by atoms with Crippen LogP contribution in [0.5, 0.6) is 5.75 Å². The van der Waals surface area contributed by atoms with Crippen LogP contribution in [0.25, 0.3) is 28.5 Å². The molecule has 3 aromatic heterocycles. The monoisotopic (exact) mass is 490 g/mol. The number of pyridine rings is 1. The highest BCUT2D eigenvalue weighted by Gasteiger charge is 2.19. The van der Waals surface area contributed by atoms with Gasteiger partial charge in [-0.25, -0.2) is 13.9 Å². The fraction of sp³-hybridized carbons (Fsp3) is 0.125. The van der Waals surface area contributed by atoms with E-state index in [1.807, 2.05) is 13.0 Å². The van der Waals surface area contributed by atoms with Crippen LogP contribution in [-0.4, -0.2) is 36.8 Å². The van der Waals surface area contributed by atoms with Gasteiger partial charge in [0, 0.05) is 16.8 Å². The van der Waals surface area contributed by atoms with Crippen molar-refractivity contribution in [2.24, 2.45) is 0 Å². The van der Waals surface area contributed by atoms with E-state index in [9.17, 15) is 9.59 Å². The molecule has 1 amide bonds. The van der Waals surface area contributed by atoms with Crippen molar-refractivity contribution in [3.8, 4) is 28.6 Å². The molecule has 0 fully saturated rings. The highest BCUT2D eigenvalue weighted by atomic mass is 35.5. The summed E-state index contributed by atoms with van der Waals surface area (Å²) in [6.07, 6.45) is 1.56. The number of fused-ring (bicyclic) bond motifs is 1. The lowest BCUT2D eigenvalue weighted by Gasteiger charge is -2.10. The van der Waals surface area contributed by atoms with Gasteiger partial charge < -0.3 is 14.6 Å². The number of carbonyl (C=O) groups is 1. The molecule has 0 aliphatic heterocycles. The first-order valence-corrected chi connectivity index (χ1v) is 11.1. The minimum atomic E-state index is -0.479. The Hall–Kier alpha value is -4.44. The van der Waals surface area contributed by atoms with Crippen LogP contribution in [0.4, 0.5) is 5.69 Å². The summed E-state index contributed by atoms with van der Waals surface area (Å²) in [4.78, 5) is 30.0. The Morgan fingerprint density at radius 2 is 1.91 bits per heavy atom. The molecule has 35 heavy (non-hydrogen) atoms. The van der Waals surface area contributed by atoms with E-state index >= 15 is 0 Å². The van der Waals surface area contributed by atoms with Crippen LogP contribution >= 0.6 is 11.6 Å². The van der Waals surface area contributed by atoms with Crippen LogP contribution in [0.2, 0.25) is 5.02 Å². The molecule has 0 bridgehead atoms. The summed E-state index contributed by atoms with van der Waals surface area (Å²) < 4.78 is 13.4. The highest BCUT2D eigenvalue weighted by molar-refractivity contribution is 6.30. The lowest BCUT2D eigenvalue weighted by atomic mass is 10.2. The first-order valence-electron chi connectivity index (χ1n) is 10.7. The van der Waals surface area contributed by atoms with Gasteiger partial charge in [-0.2, -0.15) is 4.98 Å². The number of rotatable bonds is 7. The lowest BCUT2D eigenvalue weighted by Crippen LogP contribution is -2.28. The smallest absolute Gasteiger partial charge is 0.350 e. The van der Waals surface area contributed by atoms with Gasteiger partial charge in [-0.3, -0.25) is 4.79 Å². The van der Waals surface area contributed by atoms with Gasteiger partial charge in [0.25, 0.3) is 5.89 Å². The molecule has 176 valence electrons. The zero-order chi connectivity index (χ0) is 24.4. The number of hydrogen-bond acceptors (Lipinski definition) is 7. The van der Waals surface area contributed by atoms with Gasteiger partial charge in [-0.15, -0.1) is 5.10 Å². The average Bonchev–Trinajstić information content (AvgIpc) is 3.46. The number of anilines is 1. The topological polar surface area (TPSA) is 117 Å². The number of hydrogen-bond donors (Lipinski definition) is 1. The number of para-hydroxylation sites is 2. The van der Waals surface area contributed by atoms with Gasteiger partial charge in [0.05, 0.1) is 17.9 Å². The molecule has 5 aromatic rings. The SMILES string of the molecule is CCOc1ccccc1NC(=O)Cn1nc2c(-c3nc(-c4ccc(Cl)cc4)no3)cccn2c1=O. The molecule has 0 spiro atoms. The first kappa shape index (κ1) is 22.4. The van der Waals surface area contributed by atoms with Crippen LogP contribution in [0, 0.1) is 0 Å². The van der Waals surface area contributed by atoms with Crippen LogP contribution < -0.4 is 15.7 Å². The summed E-state index contributed by atoms with van der Waals surface area (Å²) >= 11 is 5.94. The normalized spacial score (nSPS) is 11.0. The third-order valence-electron chi connectivity index (χ3n) is 5.12. The maximum Gasteiger partial charge on any atom is 0.350 e. The van der Waals surface area contributed by atoms with E-state index in [1.54, 1.807) is 60.8 Å². The predicted molar refractivity (Wildman–Crippen MR) is 129 cm³/mol. The zero-order valence-corrected chi connectivity index (χ0v) is 19.3. The minimum Gasteiger partial charge on any atom is -0.492 e. The summed E-state index contributed by atoms with van der Waals surface area (Å²) in [7, 11) is 0. The van der Waals surface area contributed by atoms with Crippen LogP contribution in [-0.2, 0) is 11.3 Å². The number of nitrogens with one attached hydrogen (secondary N) is 1. The second kappa shape index (κ2) is 9.43. The number of ether oxygens (including phenoxy) is 1. The van der Waals surface area contributed by atoms with Crippen molar-refractivity contribution < 1.29 is 14.1 Å². The third kappa shape index (κ3) is 4.51. The quantitative estimate of drug-likeness (QED) is 0.367. The zero-order valence-electron chi connectivity index (χ0n) is 18.5. The van der Waals surface area contributed by atoms with Crippen LogP contribution in [0.1, 0.15) is 6.92 Å². The number of aromatic nitrogens is 5. The van der Waals surface area contributed by atoms with Crippen molar-refractivity contribution in [2.75, 3.05) is 11.9 Å². The molecule has 5 rings (SSSR count). The first-order chi connectivity index (χ1) is 17.0. The molecule has 1 N–H and O–H groups in total. The van der Waals surface area contributed by atoms with Crippen molar-refractivity contribution in [2.45, 2.75) is 13.5 Å². The molecular formula is C24H19ClN6O4. The van der Waals surface area contributed by atoms with Crippen molar-refractivity contribution in [3.05, 3.63) is 82.4 Å². The Morgan fingerprint density at radius 3 is 2.71 bits per heavy atom. The molecule has 0 atom stereocenters. The number of benzene rings is 2. The van der Waals surface area contributed by atoms with E-state index in [2.05, 4.69) is 20.6 Å². The van der Waals surface area contributed by atoms with Crippen molar-refractivity contribution in [1.82, 2.24) is 24.3 Å². The second-order valence-electron chi connectivity index (χ2n) is 7.46. The Morgan fingerprint density at radius 1 is 1.11 bits per heavy atom. The predicted octanol–water partition coefficient (Wildman–Crippen LogP) is 3.90.